The van der Waals surface area contributed by atoms with Gasteiger partial charge in [-0.1, -0.05) is 117 Å². The molecule has 4 heteroatoms. The molecule has 0 fully saturated rings. The Morgan fingerprint density at radius 1 is 0.548 bits per heavy atom. The second kappa shape index (κ2) is 26.1. The maximum atomic E-state index is 10.0. The number of aliphatic hydroxyl groups is 1. The predicted octanol–water partition coefficient (Wildman–Crippen LogP) is 7.46. The van der Waals surface area contributed by atoms with Crippen LogP contribution in [0.3, 0.4) is 0 Å². The highest BCUT2D eigenvalue weighted by Gasteiger charge is 2.08. The van der Waals surface area contributed by atoms with Gasteiger partial charge in [0.25, 0.3) is 0 Å². The topological polar surface area (TPSA) is 47.9 Å². The lowest BCUT2D eigenvalue weighted by Crippen LogP contribution is -2.21. The fourth-order valence-corrected chi connectivity index (χ4v) is 3.92. The number of hydrogen-bond donors (Lipinski definition) is 1. The largest absolute Gasteiger partial charge is 0.391 e. The van der Waals surface area contributed by atoms with Crippen LogP contribution in [0, 0.1) is 0 Å². The summed E-state index contributed by atoms with van der Waals surface area (Å²) in [5.41, 5.74) is 0. The van der Waals surface area contributed by atoms with Crippen LogP contribution < -0.4 is 0 Å². The van der Waals surface area contributed by atoms with E-state index in [1.54, 1.807) is 7.11 Å². The van der Waals surface area contributed by atoms with Gasteiger partial charge in [-0.15, -0.1) is 0 Å². The van der Waals surface area contributed by atoms with Crippen molar-refractivity contribution in [3.8, 4) is 0 Å². The van der Waals surface area contributed by atoms with Gasteiger partial charge < -0.3 is 19.3 Å². The molecule has 0 heterocycles. The Labute approximate surface area is 194 Å². The highest BCUT2D eigenvalue weighted by atomic mass is 16.5. The van der Waals surface area contributed by atoms with Crippen molar-refractivity contribution in [1.29, 1.82) is 0 Å². The van der Waals surface area contributed by atoms with Gasteiger partial charge >= 0.3 is 0 Å². The van der Waals surface area contributed by atoms with Gasteiger partial charge in [0.05, 0.1) is 38.6 Å². The van der Waals surface area contributed by atoms with Gasteiger partial charge in [-0.2, -0.15) is 0 Å². The van der Waals surface area contributed by atoms with Crippen molar-refractivity contribution in [3.63, 3.8) is 0 Å². The zero-order chi connectivity index (χ0) is 22.8. The summed E-state index contributed by atoms with van der Waals surface area (Å²) in [6.07, 6.45) is 22.9. The molecule has 0 radical (unpaired) electrons. The lowest BCUT2D eigenvalue weighted by atomic mass is 10.1. The molecule has 31 heavy (non-hydrogen) atoms. The van der Waals surface area contributed by atoms with Crippen molar-refractivity contribution in [2.45, 2.75) is 142 Å². The van der Waals surface area contributed by atoms with E-state index >= 15 is 0 Å². The fraction of sp³-hybridized carbons (Fsp3) is 1.00. The predicted molar refractivity (Wildman–Crippen MR) is 133 cm³/mol. The molecular weight excluding hydrogens is 388 g/mol. The van der Waals surface area contributed by atoms with Crippen molar-refractivity contribution in [2.75, 3.05) is 33.5 Å². The summed E-state index contributed by atoms with van der Waals surface area (Å²) in [6.45, 7) is 6.69. The van der Waals surface area contributed by atoms with Crippen LogP contribution in [-0.4, -0.2) is 50.9 Å². The molecule has 0 aliphatic heterocycles. The van der Waals surface area contributed by atoms with E-state index in [1.165, 1.54) is 96.3 Å². The van der Waals surface area contributed by atoms with Gasteiger partial charge in [-0.3, -0.25) is 0 Å². The molecule has 0 amide bonds. The lowest BCUT2D eigenvalue weighted by Gasteiger charge is -2.16. The Bertz CT molecular complexity index is 324. The molecule has 188 valence electrons. The molecule has 0 aromatic heterocycles. The van der Waals surface area contributed by atoms with Gasteiger partial charge in [-0.05, 0) is 12.8 Å². The molecule has 2 unspecified atom stereocenters. The minimum absolute atomic E-state index is 0.188. The maximum Gasteiger partial charge on any atom is 0.0804 e. The molecule has 2 atom stereocenters. The molecule has 0 saturated heterocycles. The van der Waals surface area contributed by atoms with Crippen LogP contribution in [0.2, 0.25) is 0 Å². The van der Waals surface area contributed by atoms with Crippen molar-refractivity contribution in [2.24, 2.45) is 0 Å². The molecule has 0 saturated carbocycles. The third-order valence-electron chi connectivity index (χ3n) is 6.09. The average molecular weight is 445 g/mol. The minimum Gasteiger partial charge on any atom is -0.391 e. The van der Waals surface area contributed by atoms with Crippen LogP contribution in [0.15, 0.2) is 0 Å². The average Bonchev–Trinajstić information content (AvgIpc) is 2.78. The van der Waals surface area contributed by atoms with E-state index in [1.807, 2.05) is 0 Å². The smallest absolute Gasteiger partial charge is 0.0804 e. The fourth-order valence-electron chi connectivity index (χ4n) is 3.92. The van der Waals surface area contributed by atoms with Crippen molar-refractivity contribution < 1.29 is 19.3 Å². The molecular formula is C27H56O4. The van der Waals surface area contributed by atoms with Gasteiger partial charge in [-0.25, -0.2) is 0 Å². The number of rotatable bonds is 26. The zero-order valence-corrected chi connectivity index (χ0v) is 21.4. The minimum atomic E-state index is -0.339. The Kier molecular flexibility index (Phi) is 26.0. The molecule has 0 aliphatic carbocycles. The second-order valence-electron chi connectivity index (χ2n) is 9.19. The van der Waals surface area contributed by atoms with E-state index in [-0.39, 0.29) is 12.2 Å². The summed E-state index contributed by atoms with van der Waals surface area (Å²) in [5, 5.41) is 10.0. The van der Waals surface area contributed by atoms with Crippen LogP contribution in [-0.2, 0) is 14.2 Å². The normalized spacial score (nSPS) is 13.5. The van der Waals surface area contributed by atoms with Gasteiger partial charge in [0.15, 0.2) is 0 Å². The van der Waals surface area contributed by atoms with Crippen molar-refractivity contribution in [1.82, 2.24) is 0 Å². The first-order valence-electron chi connectivity index (χ1n) is 13.6. The van der Waals surface area contributed by atoms with E-state index in [0.717, 1.165) is 19.3 Å². The second-order valence-corrected chi connectivity index (χ2v) is 9.19. The summed E-state index contributed by atoms with van der Waals surface area (Å²) in [5.74, 6) is 0. The molecule has 0 aliphatic rings. The summed E-state index contributed by atoms with van der Waals surface area (Å²) in [6, 6.07) is 0. The summed E-state index contributed by atoms with van der Waals surface area (Å²) < 4.78 is 16.8. The lowest BCUT2D eigenvalue weighted by molar-refractivity contribution is -0.0306. The number of ether oxygens (including phenoxy) is 3. The van der Waals surface area contributed by atoms with E-state index in [4.69, 9.17) is 14.2 Å². The summed E-state index contributed by atoms with van der Waals surface area (Å²) >= 11 is 0. The van der Waals surface area contributed by atoms with Crippen molar-refractivity contribution >= 4 is 0 Å². The van der Waals surface area contributed by atoms with Gasteiger partial charge in [0, 0.05) is 7.11 Å². The first-order valence-corrected chi connectivity index (χ1v) is 13.6. The summed E-state index contributed by atoms with van der Waals surface area (Å²) in [4.78, 5) is 0. The Hall–Kier alpha value is -0.160. The molecule has 0 spiro atoms. The molecule has 1 N–H and O–H groups in total. The first-order chi connectivity index (χ1) is 15.2. The van der Waals surface area contributed by atoms with Crippen molar-refractivity contribution in [3.05, 3.63) is 0 Å². The van der Waals surface area contributed by atoms with E-state index in [9.17, 15) is 5.11 Å². The highest BCUT2D eigenvalue weighted by Crippen LogP contribution is 2.12. The van der Waals surface area contributed by atoms with Crippen LogP contribution in [0.25, 0.3) is 0 Å². The third-order valence-corrected chi connectivity index (χ3v) is 6.09. The Morgan fingerprint density at radius 2 is 0.968 bits per heavy atom. The highest BCUT2D eigenvalue weighted by molar-refractivity contribution is 4.58. The monoisotopic (exact) mass is 444 g/mol. The SMILES string of the molecule is CCCCCCCCCCC(O)COCCOCC(CCCCCCCCCC)OC. The number of unbranched alkanes of at least 4 members (excludes halogenated alkanes) is 14. The van der Waals surface area contributed by atoms with Gasteiger partial charge in [0.2, 0.25) is 0 Å². The number of hydrogen-bond acceptors (Lipinski definition) is 4. The van der Waals surface area contributed by atoms with E-state index in [2.05, 4.69) is 13.8 Å². The Morgan fingerprint density at radius 3 is 1.45 bits per heavy atom. The molecule has 0 aromatic rings. The molecule has 0 rings (SSSR count). The van der Waals surface area contributed by atoms with E-state index in [0.29, 0.717) is 26.4 Å². The Balaban J connectivity index is 3.38. The van der Waals surface area contributed by atoms with E-state index < -0.39 is 0 Å². The first kappa shape index (κ1) is 30.8. The van der Waals surface area contributed by atoms with Gasteiger partial charge in [0.1, 0.15) is 0 Å². The molecule has 0 bridgehead atoms. The third kappa shape index (κ3) is 24.3. The van der Waals surface area contributed by atoms with Crippen LogP contribution in [0.4, 0.5) is 0 Å². The zero-order valence-electron chi connectivity index (χ0n) is 21.4. The standard InChI is InChI=1S/C27H56O4/c1-4-6-8-10-12-14-16-18-20-26(28)24-30-22-23-31-25-27(29-3)21-19-17-15-13-11-9-7-5-2/h26-28H,4-25H2,1-3H3. The van der Waals surface area contributed by atoms with Crippen LogP contribution >= 0.6 is 0 Å². The van der Waals surface area contributed by atoms with Crippen LogP contribution in [0.1, 0.15) is 129 Å². The quantitative estimate of drug-likeness (QED) is 0.141. The number of aliphatic hydroxyl groups excluding tert-OH is 1. The maximum absolute atomic E-state index is 10.0. The number of methoxy groups -OCH3 is 1. The molecule has 0 aromatic carbocycles. The van der Waals surface area contributed by atoms with Crippen LogP contribution in [0.5, 0.6) is 0 Å². The molecule has 4 nitrogen and oxygen atoms in total. The summed E-state index contributed by atoms with van der Waals surface area (Å²) in [7, 11) is 1.77.